The van der Waals surface area contributed by atoms with Gasteiger partial charge in [-0.1, -0.05) is 12.1 Å². The van der Waals surface area contributed by atoms with E-state index in [0.29, 0.717) is 45.4 Å². The summed E-state index contributed by atoms with van der Waals surface area (Å²) in [6, 6.07) is 11.3. The standard InChI is InChI=1S/C19H22N4O2/c24-18(8-7-16-5-1-3-9-20-16)22-11-13-23(14-12-22)19(25)15-17-6-2-4-10-21-17/h1-6,9-10H,7-8,11-15H2. The van der Waals surface area contributed by atoms with E-state index in [2.05, 4.69) is 9.97 Å². The van der Waals surface area contributed by atoms with Crippen molar-refractivity contribution in [3.63, 3.8) is 0 Å². The Kier molecular flexibility index (Phi) is 5.72. The van der Waals surface area contributed by atoms with E-state index in [-0.39, 0.29) is 11.8 Å². The van der Waals surface area contributed by atoms with Crippen LogP contribution in [-0.2, 0) is 22.4 Å². The molecule has 0 bridgehead atoms. The number of hydrogen-bond acceptors (Lipinski definition) is 4. The summed E-state index contributed by atoms with van der Waals surface area (Å²) in [7, 11) is 0. The van der Waals surface area contributed by atoms with Gasteiger partial charge in [0.05, 0.1) is 6.42 Å². The van der Waals surface area contributed by atoms with E-state index in [1.54, 1.807) is 12.4 Å². The van der Waals surface area contributed by atoms with Crippen molar-refractivity contribution in [3.05, 3.63) is 60.2 Å². The van der Waals surface area contributed by atoms with Crippen LogP contribution in [0.5, 0.6) is 0 Å². The highest BCUT2D eigenvalue weighted by atomic mass is 16.2. The SMILES string of the molecule is O=C(CCc1ccccn1)N1CCN(C(=O)Cc2ccccn2)CC1. The predicted molar refractivity (Wildman–Crippen MR) is 93.7 cm³/mol. The first-order valence-electron chi connectivity index (χ1n) is 8.58. The Morgan fingerprint density at radius 2 is 1.36 bits per heavy atom. The molecule has 0 radical (unpaired) electrons. The molecule has 0 N–H and O–H groups in total. The Bertz CT molecular complexity index is 698. The molecule has 130 valence electrons. The molecule has 1 aliphatic rings. The Labute approximate surface area is 147 Å². The largest absolute Gasteiger partial charge is 0.339 e. The van der Waals surface area contributed by atoms with E-state index in [9.17, 15) is 9.59 Å². The first kappa shape index (κ1) is 17.1. The molecular weight excluding hydrogens is 316 g/mol. The van der Waals surface area contributed by atoms with E-state index >= 15 is 0 Å². The first-order chi connectivity index (χ1) is 12.2. The van der Waals surface area contributed by atoms with Gasteiger partial charge in [-0.25, -0.2) is 0 Å². The van der Waals surface area contributed by atoms with Crippen LogP contribution in [0.1, 0.15) is 17.8 Å². The van der Waals surface area contributed by atoms with Crippen LogP contribution in [0.2, 0.25) is 0 Å². The molecule has 2 aromatic rings. The minimum Gasteiger partial charge on any atom is -0.339 e. The van der Waals surface area contributed by atoms with E-state index in [0.717, 1.165) is 11.4 Å². The van der Waals surface area contributed by atoms with Gasteiger partial charge in [-0.3, -0.25) is 19.6 Å². The van der Waals surface area contributed by atoms with Crippen molar-refractivity contribution in [1.82, 2.24) is 19.8 Å². The van der Waals surface area contributed by atoms with Gasteiger partial charge in [0.15, 0.2) is 0 Å². The minimum absolute atomic E-state index is 0.0688. The highest BCUT2D eigenvalue weighted by molar-refractivity contribution is 5.79. The lowest BCUT2D eigenvalue weighted by molar-refractivity contribution is -0.139. The number of amides is 2. The molecule has 0 aliphatic carbocycles. The van der Waals surface area contributed by atoms with E-state index < -0.39 is 0 Å². The van der Waals surface area contributed by atoms with Crippen LogP contribution in [0.15, 0.2) is 48.8 Å². The van der Waals surface area contributed by atoms with Crippen LogP contribution >= 0.6 is 0 Å². The van der Waals surface area contributed by atoms with Crippen LogP contribution in [0.3, 0.4) is 0 Å². The van der Waals surface area contributed by atoms with Crippen LogP contribution in [-0.4, -0.2) is 57.8 Å². The lowest BCUT2D eigenvalue weighted by atomic mass is 10.2. The third-order valence-corrected chi connectivity index (χ3v) is 4.36. The molecule has 0 spiro atoms. The van der Waals surface area contributed by atoms with Crippen molar-refractivity contribution in [2.24, 2.45) is 0 Å². The molecule has 3 heterocycles. The van der Waals surface area contributed by atoms with Gasteiger partial charge in [0.2, 0.25) is 11.8 Å². The number of carbonyl (C=O) groups is 2. The summed E-state index contributed by atoms with van der Waals surface area (Å²) in [4.78, 5) is 36.7. The molecule has 1 saturated heterocycles. The average Bonchev–Trinajstić information content (AvgIpc) is 2.68. The van der Waals surface area contributed by atoms with Gasteiger partial charge in [-0.15, -0.1) is 0 Å². The molecule has 6 heteroatoms. The van der Waals surface area contributed by atoms with Crippen LogP contribution in [0.4, 0.5) is 0 Å². The van der Waals surface area contributed by atoms with Gasteiger partial charge in [0, 0.05) is 56.4 Å². The third kappa shape index (κ3) is 4.86. The molecule has 0 aromatic carbocycles. The molecule has 25 heavy (non-hydrogen) atoms. The highest BCUT2D eigenvalue weighted by Crippen LogP contribution is 2.08. The summed E-state index contributed by atoms with van der Waals surface area (Å²) in [6.45, 7) is 2.35. The van der Waals surface area contributed by atoms with Crippen molar-refractivity contribution in [2.45, 2.75) is 19.3 Å². The van der Waals surface area contributed by atoms with Crippen molar-refractivity contribution >= 4 is 11.8 Å². The maximum Gasteiger partial charge on any atom is 0.228 e. The number of piperazine rings is 1. The highest BCUT2D eigenvalue weighted by Gasteiger charge is 2.24. The number of aromatic nitrogens is 2. The summed E-state index contributed by atoms with van der Waals surface area (Å²) >= 11 is 0. The number of aryl methyl sites for hydroxylation is 1. The van der Waals surface area contributed by atoms with Crippen LogP contribution < -0.4 is 0 Å². The number of pyridine rings is 2. The zero-order valence-corrected chi connectivity index (χ0v) is 14.2. The van der Waals surface area contributed by atoms with Crippen molar-refractivity contribution < 1.29 is 9.59 Å². The van der Waals surface area contributed by atoms with Crippen molar-refractivity contribution in [1.29, 1.82) is 0 Å². The van der Waals surface area contributed by atoms with Gasteiger partial charge in [-0.2, -0.15) is 0 Å². The van der Waals surface area contributed by atoms with Gasteiger partial charge < -0.3 is 9.80 Å². The molecule has 3 rings (SSSR count). The summed E-state index contributed by atoms with van der Waals surface area (Å²) in [5.74, 6) is 0.196. The molecular formula is C19H22N4O2. The monoisotopic (exact) mass is 338 g/mol. The van der Waals surface area contributed by atoms with Gasteiger partial charge in [-0.05, 0) is 30.7 Å². The quantitative estimate of drug-likeness (QED) is 0.825. The summed E-state index contributed by atoms with van der Waals surface area (Å²) < 4.78 is 0. The lowest BCUT2D eigenvalue weighted by Crippen LogP contribution is -2.51. The third-order valence-electron chi connectivity index (χ3n) is 4.36. The van der Waals surface area contributed by atoms with Crippen molar-refractivity contribution in [3.8, 4) is 0 Å². The number of nitrogens with zero attached hydrogens (tertiary/aromatic N) is 4. The Balaban J connectivity index is 1.43. The summed E-state index contributed by atoms with van der Waals surface area (Å²) in [5, 5.41) is 0. The molecule has 1 fully saturated rings. The molecule has 6 nitrogen and oxygen atoms in total. The number of carbonyl (C=O) groups excluding carboxylic acids is 2. The lowest BCUT2D eigenvalue weighted by Gasteiger charge is -2.34. The topological polar surface area (TPSA) is 66.4 Å². The van der Waals surface area contributed by atoms with Crippen LogP contribution in [0, 0.1) is 0 Å². The summed E-state index contributed by atoms with van der Waals surface area (Å²) in [5.41, 5.74) is 1.71. The van der Waals surface area contributed by atoms with E-state index in [4.69, 9.17) is 0 Å². The Hall–Kier alpha value is -2.76. The second kappa shape index (κ2) is 8.37. The fourth-order valence-electron chi connectivity index (χ4n) is 2.91. The van der Waals surface area contributed by atoms with Gasteiger partial charge >= 0.3 is 0 Å². The van der Waals surface area contributed by atoms with Crippen LogP contribution in [0.25, 0.3) is 0 Å². The van der Waals surface area contributed by atoms with Crippen molar-refractivity contribution in [2.75, 3.05) is 26.2 Å². The smallest absolute Gasteiger partial charge is 0.228 e. The maximum atomic E-state index is 12.3. The van der Waals surface area contributed by atoms with E-state index in [1.165, 1.54) is 0 Å². The Morgan fingerprint density at radius 1 is 0.800 bits per heavy atom. The number of hydrogen-bond donors (Lipinski definition) is 0. The minimum atomic E-state index is 0.0688. The number of rotatable bonds is 5. The van der Waals surface area contributed by atoms with Gasteiger partial charge in [0.25, 0.3) is 0 Å². The molecule has 0 atom stereocenters. The zero-order valence-electron chi connectivity index (χ0n) is 14.2. The fourth-order valence-corrected chi connectivity index (χ4v) is 2.91. The summed E-state index contributed by atoms with van der Waals surface area (Å²) in [6.07, 6.45) is 4.86. The Morgan fingerprint density at radius 3 is 1.92 bits per heavy atom. The molecule has 1 aliphatic heterocycles. The molecule has 0 saturated carbocycles. The fraction of sp³-hybridized carbons (Fsp3) is 0.368. The second-order valence-corrected chi connectivity index (χ2v) is 6.08. The zero-order chi connectivity index (χ0) is 17.5. The van der Waals surface area contributed by atoms with E-state index in [1.807, 2.05) is 46.2 Å². The maximum absolute atomic E-state index is 12.3. The normalized spacial score (nSPS) is 14.4. The predicted octanol–water partition coefficient (Wildman–Crippen LogP) is 1.32. The second-order valence-electron chi connectivity index (χ2n) is 6.08. The molecule has 2 amide bonds. The van der Waals surface area contributed by atoms with Gasteiger partial charge in [0.1, 0.15) is 0 Å². The molecule has 0 unspecified atom stereocenters. The molecule has 2 aromatic heterocycles. The first-order valence-corrected chi connectivity index (χ1v) is 8.58. The average molecular weight is 338 g/mol.